The van der Waals surface area contributed by atoms with Crippen LogP contribution in [-0.2, 0) is 11.2 Å². The lowest BCUT2D eigenvalue weighted by atomic mass is 9.97. The largest absolute Gasteiger partial charge is 0.336 e. The number of hydrogen-bond donors (Lipinski definition) is 0. The fraction of sp³-hybridized carbons (Fsp3) is 0.458. The van der Waals surface area contributed by atoms with E-state index in [1.54, 1.807) is 11.8 Å². The van der Waals surface area contributed by atoms with Crippen LogP contribution in [0.4, 0.5) is 0 Å². The lowest BCUT2D eigenvalue weighted by molar-refractivity contribution is -0.136. The summed E-state index contributed by atoms with van der Waals surface area (Å²) in [6.45, 7) is 8.36. The van der Waals surface area contributed by atoms with Gasteiger partial charge in [0.2, 0.25) is 5.91 Å². The quantitative estimate of drug-likeness (QED) is 0.545. The monoisotopic (exact) mass is 420 g/mol. The molecule has 30 heavy (non-hydrogen) atoms. The first-order chi connectivity index (χ1) is 14.5. The zero-order chi connectivity index (χ0) is 21.4. The number of likely N-dealkylation sites (tertiary alicyclic amines) is 1. The molecule has 0 unspecified atom stereocenters. The second kappa shape index (κ2) is 8.31. The van der Waals surface area contributed by atoms with Crippen molar-refractivity contribution in [1.29, 1.82) is 5.26 Å². The first-order valence-electron chi connectivity index (χ1n) is 10.8. The van der Waals surface area contributed by atoms with Crippen LogP contribution >= 0.6 is 11.8 Å². The minimum Gasteiger partial charge on any atom is -0.336 e. The van der Waals surface area contributed by atoms with Crippen LogP contribution in [0.1, 0.15) is 58.1 Å². The molecule has 3 aromatic rings. The zero-order valence-corrected chi connectivity index (χ0v) is 18.9. The van der Waals surface area contributed by atoms with Crippen LogP contribution in [0.25, 0.3) is 16.7 Å². The van der Waals surface area contributed by atoms with E-state index in [0.29, 0.717) is 11.2 Å². The number of piperidine rings is 1. The molecule has 1 amide bonds. The zero-order valence-electron chi connectivity index (χ0n) is 18.1. The molecule has 4 rings (SSSR count). The molecule has 6 heteroatoms. The van der Waals surface area contributed by atoms with Crippen molar-refractivity contribution in [2.45, 2.75) is 75.7 Å². The molecular weight excluding hydrogens is 392 g/mol. The van der Waals surface area contributed by atoms with Crippen molar-refractivity contribution in [3.8, 4) is 6.07 Å². The summed E-state index contributed by atoms with van der Waals surface area (Å²) in [5, 5.41) is 10.5. The van der Waals surface area contributed by atoms with Gasteiger partial charge in [-0.05, 0) is 70.2 Å². The number of amides is 1. The van der Waals surface area contributed by atoms with E-state index in [9.17, 15) is 10.1 Å². The molecule has 5 nitrogen and oxygen atoms in total. The number of thioether (sulfide) groups is 1. The number of pyridine rings is 1. The van der Waals surface area contributed by atoms with Gasteiger partial charge >= 0.3 is 0 Å². The summed E-state index contributed by atoms with van der Waals surface area (Å²) in [7, 11) is 0. The molecule has 3 heterocycles. The van der Waals surface area contributed by atoms with Gasteiger partial charge in [0.05, 0.1) is 26.9 Å². The van der Waals surface area contributed by atoms with Crippen LogP contribution in [0.2, 0.25) is 0 Å². The number of aryl methyl sites for hydroxylation is 1. The summed E-state index contributed by atoms with van der Waals surface area (Å²) in [5.74, 6) is 0.194. The molecule has 0 N–H and O–H groups in total. The highest BCUT2D eigenvalue weighted by Gasteiger charge is 2.32. The predicted molar refractivity (Wildman–Crippen MR) is 122 cm³/mol. The Morgan fingerprint density at radius 2 is 2.00 bits per heavy atom. The van der Waals surface area contributed by atoms with Gasteiger partial charge in [0, 0.05) is 12.1 Å². The minimum atomic E-state index is -0.213. The van der Waals surface area contributed by atoms with Gasteiger partial charge < -0.3 is 4.90 Å². The third-order valence-electron chi connectivity index (χ3n) is 6.21. The highest BCUT2D eigenvalue weighted by Crippen LogP contribution is 2.34. The van der Waals surface area contributed by atoms with E-state index in [2.05, 4.69) is 37.8 Å². The minimum absolute atomic E-state index is 0.194. The number of nitriles is 1. The standard InChI is InChI=1S/C24H28N4OS/c1-5-18-13-22(30-17(4)24(29)27-15(2)9-8-10-16(27)3)28-21-12-7-6-11-20(21)26-23(28)19(18)14-25/h6-7,11-13,15-17H,5,8-10H2,1-4H3/t15-,16-,17+/m0/s1. The van der Waals surface area contributed by atoms with E-state index in [-0.39, 0.29) is 23.2 Å². The number of fused-ring (bicyclic) bond motifs is 3. The number of carbonyl (C=O) groups is 1. The molecule has 0 radical (unpaired) electrons. The summed E-state index contributed by atoms with van der Waals surface area (Å²) >= 11 is 1.57. The summed E-state index contributed by atoms with van der Waals surface area (Å²) in [6.07, 6.45) is 4.07. The molecule has 3 atom stereocenters. The molecule has 1 fully saturated rings. The average Bonchev–Trinajstić information content (AvgIpc) is 3.12. The third-order valence-corrected chi connectivity index (χ3v) is 7.31. The molecule has 0 aliphatic carbocycles. The number of nitrogens with zero attached hydrogens (tertiary/aromatic N) is 4. The highest BCUT2D eigenvalue weighted by molar-refractivity contribution is 8.00. The smallest absolute Gasteiger partial charge is 0.236 e. The number of hydrogen-bond acceptors (Lipinski definition) is 4. The molecule has 0 spiro atoms. The maximum atomic E-state index is 13.4. The maximum Gasteiger partial charge on any atom is 0.236 e. The molecule has 156 valence electrons. The number of aromatic nitrogens is 2. The Labute approximate surface area is 182 Å². The normalized spacial score (nSPS) is 20.4. The van der Waals surface area contributed by atoms with E-state index in [1.165, 1.54) is 6.42 Å². The highest BCUT2D eigenvalue weighted by atomic mass is 32.2. The molecular formula is C24H28N4OS. The number of carbonyl (C=O) groups excluding carboxylic acids is 1. The SMILES string of the molecule is CCc1cc(S[C@H](C)C(=O)N2[C@@H](C)CCC[C@@H]2C)n2c(nc3ccccc32)c1C#N. The predicted octanol–water partition coefficient (Wildman–Crippen LogP) is 5.19. The van der Waals surface area contributed by atoms with Crippen molar-refractivity contribution in [2.75, 3.05) is 0 Å². The van der Waals surface area contributed by atoms with Crippen molar-refractivity contribution in [3.05, 3.63) is 41.5 Å². The summed E-state index contributed by atoms with van der Waals surface area (Å²) in [4.78, 5) is 20.2. The van der Waals surface area contributed by atoms with Crippen molar-refractivity contribution in [3.63, 3.8) is 0 Å². The lowest BCUT2D eigenvalue weighted by Gasteiger charge is -2.40. The number of para-hydroxylation sites is 2. The lowest BCUT2D eigenvalue weighted by Crippen LogP contribution is -2.50. The van der Waals surface area contributed by atoms with E-state index < -0.39 is 0 Å². The van der Waals surface area contributed by atoms with Crippen molar-refractivity contribution < 1.29 is 4.79 Å². The molecule has 1 aromatic carbocycles. The fourth-order valence-corrected chi connectivity index (χ4v) is 5.72. The van der Waals surface area contributed by atoms with E-state index in [1.807, 2.05) is 35.6 Å². The topological polar surface area (TPSA) is 61.4 Å². The van der Waals surface area contributed by atoms with Gasteiger partial charge in [-0.15, -0.1) is 0 Å². The Kier molecular flexibility index (Phi) is 5.75. The first-order valence-corrected chi connectivity index (χ1v) is 11.7. The molecule has 1 saturated heterocycles. The van der Waals surface area contributed by atoms with Gasteiger partial charge in [-0.2, -0.15) is 5.26 Å². The first kappa shape index (κ1) is 20.7. The molecule has 2 aromatic heterocycles. The molecule has 1 aliphatic rings. The summed E-state index contributed by atoms with van der Waals surface area (Å²) in [5.41, 5.74) is 4.10. The van der Waals surface area contributed by atoms with Crippen molar-refractivity contribution >= 4 is 34.3 Å². The molecule has 1 aliphatic heterocycles. The Hall–Kier alpha value is -2.52. The Morgan fingerprint density at radius 1 is 1.30 bits per heavy atom. The average molecular weight is 421 g/mol. The second-order valence-corrected chi connectivity index (χ2v) is 9.60. The van der Waals surface area contributed by atoms with Gasteiger partial charge in [-0.3, -0.25) is 9.20 Å². The van der Waals surface area contributed by atoms with Crippen LogP contribution in [0.15, 0.2) is 35.4 Å². The third kappa shape index (κ3) is 3.45. The van der Waals surface area contributed by atoms with Gasteiger partial charge in [0.25, 0.3) is 0 Å². The maximum absolute atomic E-state index is 13.4. The Bertz CT molecular complexity index is 1140. The second-order valence-electron chi connectivity index (χ2n) is 8.24. The van der Waals surface area contributed by atoms with E-state index >= 15 is 0 Å². The summed E-state index contributed by atoms with van der Waals surface area (Å²) < 4.78 is 2.05. The van der Waals surface area contributed by atoms with E-state index in [0.717, 1.165) is 40.9 Å². The van der Waals surface area contributed by atoms with Gasteiger partial charge in [0.15, 0.2) is 5.65 Å². The number of imidazole rings is 1. The Balaban J connectivity index is 1.78. The van der Waals surface area contributed by atoms with Crippen LogP contribution < -0.4 is 0 Å². The van der Waals surface area contributed by atoms with E-state index in [4.69, 9.17) is 4.98 Å². The van der Waals surface area contributed by atoms with Crippen LogP contribution in [0.5, 0.6) is 0 Å². The van der Waals surface area contributed by atoms with Gasteiger partial charge in [-0.25, -0.2) is 4.98 Å². The van der Waals surface area contributed by atoms with Crippen LogP contribution in [0.3, 0.4) is 0 Å². The summed E-state index contributed by atoms with van der Waals surface area (Å²) in [6, 6.07) is 12.9. The number of benzene rings is 1. The van der Waals surface area contributed by atoms with Crippen LogP contribution in [-0.4, -0.2) is 37.5 Å². The Morgan fingerprint density at radius 3 is 2.67 bits per heavy atom. The van der Waals surface area contributed by atoms with Gasteiger partial charge in [-0.1, -0.05) is 30.8 Å². The molecule has 0 bridgehead atoms. The van der Waals surface area contributed by atoms with Gasteiger partial charge in [0.1, 0.15) is 6.07 Å². The fourth-order valence-electron chi connectivity index (χ4n) is 4.63. The van der Waals surface area contributed by atoms with Crippen molar-refractivity contribution in [1.82, 2.24) is 14.3 Å². The van der Waals surface area contributed by atoms with Crippen molar-refractivity contribution in [2.24, 2.45) is 0 Å². The van der Waals surface area contributed by atoms with Crippen LogP contribution in [0, 0.1) is 11.3 Å². The molecule has 0 saturated carbocycles. The number of rotatable bonds is 4.